The van der Waals surface area contributed by atoms with Crippen molar-refractivity contribution >= 4 is 11.9 Å². The van der Waals surface area contributed by atoms with Crippen molar-refractivity contribution in [3.63, 3.8) is 0 Å². The fourth-order valence-electron chi connectivity index (χ4n) is 2.72. The van der Waals surface area contributed by atoms with E-state index in [1.807, 2.05) is 27.7 Å². The Bertz CT molecular complexity index is 327. The summed E-state index contributed by atoms with van der Waals surface area (Å²) in [4.78, 5) is 23.9. The van der Waals surface area contributed by atoms with Crippen molar-refractivity contribution in [2.24, 2.45) is 5.92 Å². The molecule has 1 atom stereocenters. The first-order chi connectivity index (χ1) is 9.31. The third-order valence-electron chi connectivity index (χ3n) is 3.72. The zero-order chi connectivity index (χ0) is 15.2. The average molecular weight is 283 g/mol. The molecule has 0 saturated heterocycles. The molecule has 0 aromatic heterocycles. The topological polar surface area (TPSA) is 55.4 Å². The second-order valence-corrected chi connectivity index (χ2v) is 6.76. The van der Waals surface area contributed by atoms with Crippen molar-refractivity contribution in [3.8, 4) is 0 Å². The van der Waals surface area contributed by atoms with Crippen LogP contribution in [0.15, 0.2) is 0 Å². The van der Waals surface area contributed by atoms with E-state index in [4.69, 9.17) is 4.74 Å². The maximum absolute atomic E-state index is 12.0. The van der Waals surface area contributed by atoms with Gasteiger partial charge in [0.05, 0.1) is 6.04 Å². The number of hydrogen-bond donors (Lipinski definition) is 1. The Morgan fingerprint density at radius 3 is 2.30 bits per heavy atom. The highest BCUT2D eigenvalue weighted by Crippen LogP contribution is 2.27. The minimum absolute atomic E-state index is 0.0985. The molecule has 1 amide bonds. The summed E-state index contributed by atoms with van der Waals surface area (Å²) in [6.45, 7) is 7.31. The minimum atomic E-state index is -0.533. The van der Waals surface area contributed by atoms with E-state index >= 15 is 0 Å². The number of nitrogens with one attached hydrogen (secondary N) is 1. The summed E-state index contributed by atoms with van der Waals surface area (Å²) in [6.07, 6.45) is 6.84. The second kappa shape index (κ2) is 7.65. The lowest BCUT2D eigenvalue weighted by atomic mass is 9.84. The molecular weight excluding hydrogens is 254 g/mol. The van der Waals surface area contributed by atoms with Gasteiger partial charge in [0.1, 0.15) is 5.60 Å². The van der Waals surface area contributed by atoms with Gasteiger partial charge in [-0.05, 0) is 33.1 Å². The van der Waals surface area contributed by atoms with Crippen molar-refractivity contribution in [2.75, 3.05) is 0 Å². The summed E-state index contributed by atoms with van der Waals surface area (Å²) >= 11 is 0. The van der Waals surface area contributed by atoms with Gasteiger partial charge in [0.25, 0.3) is 0 Å². The van der Waals surface area contributed by atoms with Crippen LogP contribution in [0, 0.1) is 5.92 Å². The van der Waals surface area contributed by atoms with Crippen LogP contribution in [0.1, 0.15) is 72.6 Å². The highest BCUT2D eigenvalue weighted by Gasteiger charge is 2.26. The van der Waals surface area contributed by atoms with Crippen LogP contribution in [0.25, 0.3) is 0 Å². The number of Topliss-reactive ketones (excluding diaryl/α,β-unsaturated/α-hetero) is 1. The number of amides is 1. The molecule has 1 N–H and O–H groups in total. The lowest BCUT2D eigenvalue weighted by molar-refractivity contribution is -0.121. The van der Waals surface area contributed by atoms with Crippen LogP contribution < -0.4 is 5.32 Å². The van der Waals surface area contributed by atoms with Gasteiger partial charge in [-0.15, -0.1) is 0 Å². The molecule has 1 aliphatic carbocycles. The van der Waals surface area contributed by atoms with Crippen LogP contribution >= 0.6 is 0 Å². The first-order valence-electron chi connectivity index (χ1n) is 7.84. The van der Waals surface area contributed by atoms with Gasteiger partial charge in [-0.1, -0.05) is 39.0 Å². The number of ketones is 1. The molecule has 20 heavy (non-hydrogen) atoms. The number of hydrogen-bond acceptors (Lipinski definition) is 3. The monoisotopic (exact) mass is 283 g/mol. The summed E-state index contributed by atoms with van der Waals surface area (Å²) in [5.74, 6) is 0.653. The largest absolute Gasteiger partial charge is 0.444 e. The zero-order valence-electron chi connectivity index (χ0n) is 13.3. The van der Waals surface area contributed by atoms with Crippen molar-refractivity contribution in [3.05, 3.63) is 0 Å². The molecule has 1 aliphatic rings. The van der Waals surface area contributed by atoms with Gasteiger partial charge in [0, 0.05) is 6.42 Å². The normalized spacial score (nSPS) is 18.4. The molecule has 0 radical (unpaired) electrons. The van der Waals surface area contributed by atoms with E-state index in [1.54, 1.807) is 0 Å². The molecule has 0 spiro atoms. The van der Waals surface area contributed by atoms with Gasteiger partial charge >= 0.3 is 6.09 Å². The number of carbonyl (C=O) groups excluding carboxylic acids is 2. The second-order valence-electron chi connectivity index (χ2n) is 6.76. The van der Waals surface area contributed by atoms with Crippen molar-refractivity contribution in [2.45, 2.75) is 84.3 Å². The van der Waals surface area contributed by atoms with E-state index in [9.17, 15) is 9.59 Å². The molecule has 1 fully saturated rings. The van der Waals surface area contributed by atoms with Crippen LogP contribution in [-0.2, 0) is 9.53 Å². The summed E-state index contributed by atoms with van der Waals surface area (Å²) in [5.41, 5.74) is -0.533. The Morgan fingerprint density at radius 1 is 1.20 bits per heavy atom. The quantitative estimate of drug-likeness (QED) is 0.834. The van der Waals surface area contributed by atoms with Crippen molar-refractivity contribution < 1.29 is 14.3 Å². The molecule has 0 bridgehead atoms. The molecule has 4 nitrogen and oxygen atoms in total. The average Bonchev–Trinajstić information content (AvgIpc) is 2.36. The molecular formula is C16H29NO3. The third kappa shape index (κ3) is 6.40. The molecule has 0 heterocycles. The van der Waals surface area contributed by atoms with Crippen LogP contribution in [0.3, 0.4) is 0 Å². The van der Waals surface area contributed by atoms with Crippen molar-refractivity contribution in [1.82, 2.24) is 5.32 Å². The van der Waals surface area contributed by atoms with E-state index in [0.717, 1.165) is 6.42 Å². The first kappa shape index (κ1) is 17.0. The fraction of sp³-hybridized carbons (Fsp3) is 0.875. The Labute approximate surface area is 122 Å². The van der Waals surface area contributed by atoms with Gasteiger partial charge in [-0.2, -0.15) is 0 Å². The summed E-state index contributed by atoms with van der Waals surface area (Å²) in [7, 11) is 0. The Balaban J connectivity index is 2.55. The molecule has 0 aliphatic heterocycles. The zero-order valence-corrected chi connectivity index (χ0v) is 13.3. The number of rotatable bonds is 5. The van der Waals surface area contributed by atoms with Gasteiger partial charge < -0.3 is 10.1 Å². The van der Waals surface area contributed by atoms with Crippen molar-refractivity contribution in [1.29, 1.82) is 0 Å². The van der Waals surface area contributed by atoms with Crippen LogP contribution in [0.5, 0.6) is 0 Å². The highest BCUT2D eigenvalue weighted by molar-refractivity contribution is 5.87. The van der Waals surface area contributed by atoms with Crippen LogP contribution in [-0.4, -0.2) is 23.5 Å². The molecule has 1 saturated carbocycles. The Morgan fingerprint density at radius 2 is 1.80 bits per heavy atom. The van der Waals surface area contributed by atoms with Gasteiger partial charge in [-0.3, -0.25) is 4.79 Å². The number of alkyl carbamates (subject to hydrolysis) is 1. The van der Waals surface area contributed by atoms with E-state index in [-0.39, 0.29) is 5.78 Å². The van der Waals surface area contributed by atoms with Crippen LogP contribution in [0.4, 0.5) is 4.79 Å². The maximum Gasteiger partial charge on any atom is 0.408 e. The maximum atomic E-state index is 12.0. The predicted octanol–water partition coefficient (Wildman–Crippen LogP) is 3.83. The molecule has 0 aromatic rings. The Kier molecular flexibility index (Phi) is 6.50. The summed E-state index contributed by atoms with van der Waals surface area (Å²) in [6, 6.07) is -0.391. The van der Waals surface area contributed by atoms with Gasteiger partial charge in [0.15, 0.2) is 5.78 Å². The fourth-order valence-corrected chi connectivity index (χ4v) is 2.72. The van der Waals surface area contributed by atoms with E-state index < -0.39 is 17.7 Å². The number of carbonyl (C=O) groups is 2. The summed E-state index contributed by atoms with van der Waals surface area (Å²) < 4.78 is 5.25. The first-order valence-corrected chi connectivity index (χ1v) is 7.84. The minimum Gasteiger partial charge on any atom is -0.444 e. The molecule has 1 unspecified atom stereocenters. The highest BCUT2D eigenvalue weighted by atomic mass is 16.6. The van der Waals surface area contributed by atoms with Gasteiger partial charge in [-0.25, -0.2) is 4.79 Å². The smallest absolute Gasteiger partial charge is 0.408 e. The molecule has 1 rings (SSSR count). The van der Waals surface area contributed by atoms with E-state index in [1.165, 1.54) is 32.1 Å². The molecule has 116 valence electrons. The molecule has 0 aromatic carbocycles. The van der Waals surface area contributed by atoms with E-state index in [2.05, 4.69) is 5.32 Å². The standard InChI is InChI=1S/C16H29NO3/c1-5-14(18)13(11-12-9-7-6-8-10-12)17-15(19)20-16(2,3)4/h12-13H,5-11H2,1-4H3,(H,17,19). The van der Waals surface area contributed by atoms with Gasteiger partial charge in [0.2, 0.25) is 0 Å². The Hall–Kier alpha value is -1.06. The SMILES string of the molecule is CCC(=O)C(CC1CCCCC1)NC(=O)OC(C)(C)C. The van der Waals surface area contributed by atoms with Crippen LogP contribution in [0.2, 0.25) is 0 Å². The summed E-state index contributed by atoms with van der Waals surface area (Å²) in [5, 5.41) is 2.76. The lowest BCUT2D eigenvalue weighted by Crippen LogP contribution is -2.44. The lowest BCUT2D eigenvalue weighted by Gasteiger charge is -2.27. The molecule has 4 heteroatoms. The van der Waals surface area contributed by atoms with E-state index in [0.29, 0.717) is 12.3 Å². The predicted molar refractivity (Wildman–Crippen MR) is 79.6 cm³/mol. The number of ether oxygens (including phenoxy) is 1. The third-order valence-corrected chi connectivity index (χ3v) is 3.72.